The van der Waals surface area contributed by atoms with Crippen molar-refractivity contribution < 1.29 is 4.74 Å². The molecule has 2 rings (SSSR count). The van der Waals surface area contributed by atoms with Crippen LogP contribution >= 0.6 is 11.6 Å². The van der Waals surface area contributed by atoms with E-state index in [1.54, 1.807) is 0 Å². The lowest BCUT2D eigenvalue weighted by Crippen LogP contribution is -2.22. The lowest BCUT2D eigenvalue weighted by molar-refractivity contribution is -0.0240. The van der Waals surface area contributed by atoms with Gasteiger partial charge in [-0.25, -0.2) is 0 Å². The quantitative estimate of drug-likeness (QED) is 0.639. The fourth-order valence-corrected chi connectivity index (χ4v) is 3.22. The molecule has 3 unspecified atom stereocenters. The molecular weight excluding hydrogens is 196 g/mol. The van der Waals surface area contributed by atoms with Crippen molar-refractivity contribution in [2.24, 2.45) is 5.92 Å². The molecule has 14 heavy (non-hydrogen) atoms. The third kappa shape index (κ3) is 2.43. The summed E-state index contributed by atoms with van der Waals surface area (Å²) < 4.78 is 6.00. The van der Waals surface area contributed by atoms with Crippen molar-refractivity contribution in [3.63, 3.8) is 0 Å². The van der Waals surface area contributed by atoms with Crippen LogP contribution in [0, 0.1) is 5.92 Å². The molecule has 1 aliphatic heterocycles. The zero-order valence-corrected chi connectivity index (χ0v) is 10.0. The molecule has 0 bridgehead atoms. The van der Waals surface area contributed by atoms with Gasteiger partial charge in [-0.2, -0.15) is 0 Å². The highest BCUT2D eigenvalue weighted by Gasteiger charge is 2.35. The van der Waals surface area contributed by atoms with Gasteiger partial charge >= 0.3 is 0 Å². The van der Waals surface area contributed by atoms with Crippen molar-refractivity contribution >= 4 is 11.6 Å². The Morgan fingerprint density at radius 2 is 2.07 bits per heavy atom. The predicted molar refractivity (Wildman–Crippen MR) is 59.8 cm³/mol. The number of hydrogen-bond donors (Lipinski definition) is 0. The van der Waals surface area contributed by atoms with Gasteiger partial charge in [0.05, 0.1) is 11.7 Å². The van der Waals surface area contributed by atoms with Crippen LogP contribution in [0.3, 0.4) is 0 Å². The maximum absolute atomic E-state index is 6.27. The molecule has 1 aliphatic carbocycles. The Balaban J connectivity index is 1.81. The zero-order valence-electron chi connectivity index (χ0n) is 9.26. The van der Waals surface area contributed by atoms with E-state index in [4.69, 9.17) is 16.3 Å². The number of hydrogen-bond acceptors (Lipinski definition) is 1. The molecule has 0 N–H and O–H groups in total. The van der Waals surface area contributed by atoms with Crippen molar-refractivity contribution in [1.82, 2.24) is 0 Å². The van der Waals surface area contributed by atoms with E-state index in [-0.39, 0.29) is 5.60 Å². The minimum atomic E-state index is 0.116. The Morgan fingerprint density at radius 3 is 2.57 bits per heavy atom. The molecule has 2 aliphatic rings. The summed E-state index contributed by atoms with van der Waals surface area (Å²) in [5.74, 6) is 0.718. The average Bonchev–Trinajstić information content (AvgIpc) is 2.61. The van der Waals surface area contributed by atoms with Gasteiger partial charge in [-0.3, -0.25) is 0 Å². The summed E-state index contributed by atoms with van der Waals surface area (Å²) in [7, 11) is 0. The Bertz CT molecular complexity index is 202. The molecule has 82 valence electrons. The van der Waals surface area contributed by atoms with Crippen LogP contribution in [-0.2, 0) is 4.74 Å². The molecule has 2 fully saturated rings. The molecule has 0 aromatic heterocycles. The summed E-state index contributed by atoms with van der Waals surface area (Å²) in [4.78, 5) is 0. The topological polar surface area (TPSA) is 9.23 Å². The van der Waals surface area contributed by atoms with E-state index in [9.17, 15) is 0 Å². The summed E-state index contributed by atoms with van der Waals surface area (Å²) in [5.41, 5.74) is 0.116. The third-order valence-electron chi connectivity index (χ3n) is 3.69. The Morgan fingerprint density at radius 1 is 1.29 bits per heavy atom. The van der Waals surface area contributed by atoms with Crippen molar-refractivity contribution in [3.8, 4) is 0 Å². The van der Waals surface area contributed by atoms with Crippen molar-refractivity contribution in [2.45, 2.75) is 69.5 Å². The van der Waals surface area contributed by atoms with E-state index in [1.165, 1.54) is 38.5 Å². The smallest absolute Gasteiger partial charge is 0.0631 e. The molecule has 0 aromatic carbocycles. The number of halogens is 1. The second-order valence-corrected chi connectivity index (χ2v) is 6.04. The monoisotopic (exact) mass is 216 g/mol. The second-order valence-electron chi connectivity index (χ2n) is 5.48. The highest BCUT2D eigenvalue weighted by molar-refractivity contribution is 6.20. The fourth-order valence-electron chi connectivity index (χ4n) is 2.84. The summed E-state index contributed by atoms with van der Waals surface area (Å²) in [6.45, 7) is 4.39. The van der Waals surface area contributed by atoms with Gasteiger partial charge in [-0.15, -0.1) is 11.6 Å². The average molecular weight is 217 g/mol. The van der Waals surface area contributed by atoms with Gasteiger partial charge in [0.1, 0.15) is 0 Å². The van der Waals surface area contributed by atoms with Crippen LogP contribution in [-0.4, -0.2) is 17.1 Å². The van der Waals surface area contributed by atoms with Crippen molar-refractivity contribution in [3.05, 3.63) is 0 Å². The van der Waals surface area contributed by atoms with E-state index in [2.05, 4.69) is 13.8 Å². The van der Waals surface area contributed by atoms with E-state index < -0.39 is 0 Å². The minimum absolute atomic E-state index is 0.116. The number of rotatable bonds is 2. The van der Waals surface area contributed by atoms with E-state index in [0.717, 1.165) is 5.92 Å². The number of ether oxygens (including phenoxy) is 1. The van der Waals surface area contributed by atoms with Crippen LogP contribution < -0.4 is 0 Å². The van der Waals surface area contributed by atoms with Crippen LogP contribution in [0.2, 0.25) is 0 Å². The SMILES string of the molecule is CC1(C)CCC(CC2CCCC2Cl)O1. The van der Waals surface area contributed by atoms with Gasteiger partial charge in [0, 0.05) is 5.38 Å². The Labute approximate surface area is 92.2 Å². The molecule has 2 heteroatoms. The lowest BCUT2D eigenvalue weighted by Gasteiger charge is -2.22. The Kier molecular flexibility index (Phi) is 3.09. The molecule has 0 amide bonds. The minimum Gasteiger partial charge on any atom is -0.372 e. The molecular formula is C12H21ClO. The summed E-state index contributed by atoms with van der Waals surface area (Å²) in [6.07, 6.45) is 7.95. The Hall–Kier alpha value is 0.250. The molecule has 1 saturated heterocycles. The van der Waals surface area contributed by atoms with Crippen LogP contribution in [0.5, 0.6) is 0 Å². The molecule has 1 nitrogen and oxygen atoms in total. The highest BCUT2D eigenvalue weighted by atomic mass is 35.5. The van der Waals surface area contributed by atoms with Crippen LogP contribution in [0.15, 0.2) is 0 Å². The first-order valence-electron chi connectivity index (χ1n) is 5.89. The summed E-state index contributed by atoms with van der Waals surface area (Å²) in [5, 5.41) is 0.419. The summed E-state index contributed by atoms with van der Waals surface area (Å²) >= 11 is 6.27. The van der Waals surface area contributed by atoms with Crippen molar-refractivity contribution in [2.75, 3.05) is 0 Å². The standard InChI is InChI=1S/C12H21ClO/c1-12(2)7-6-10(14-12)8-9-4-3-5-11(9)13/h9-11H,3-8H2,1-2H3. The molecule has 0 aromatic rings. The van der Waals surface area contributed by atoms with E-state index >= 15 is 0 Å². The van der Waals surface area contributed by atoms with Crippen LogP contribution in [0.1, 0.15) is 52.4 Å². The van der Waals surface area contributed by atoms with E-state index in [0.29, 0.717) is 11.5 Å². The first-order chi connectivity index (χ1) is 6.57. The van der Waals surface area contributed by atoms with Gasteiger partial charge in [0.25, 0.3) is 0 Å². The normalized spacial score (nSPS) is 41.8. The van der Waals surface area contributed by atoms with Gasteiger partial charge in [0.15, 0.2) is 0 Å². The second kappa shape index (κ2) is 4.02. The molecule has 0 spiro atoms. The summed E-state index contributed by atoms with van der Waals surface area (Å²) in [6, 6.07) is 0. The first-order valence-corrected chi connectivity index (χ1v) is 6.32. The molecule has 1 heterocycles. The number of alkyl halides is 1. The molecule has 0 radical (unpaired) electrons. The predicted octanol–water partition coefficient (Wildman–Crippen LogP) is 3.74. The van der Waals surface area contributed by atoms with Gasteiger partial charge in [-0.1, -0.05) is 6.42 Å². The highest BCUT2D eigenvalue weighted by Crippen LogP contribution is 2.38. The molecule has 3 atom stereocenters. The van der Waals surface area contributed by atoms with Crippen LogP contribution in [0.25, 0.3) is 0 Å². The van der Waals surface area contributed by atoms with Gasteiger partial charge < -0.3 is 4.74 Å². The largest absolute Gasteiger partial charge is 0.372 e. The zero-order chi connectivity index (χ0) is 10.2. The maximum Gasteiger partial charge on any atom is 0.0631 e. The van der Waals surface area contributed by atoms with Crippen LogP contribution in [0.4, 0.5) is 0 Å². The fraction of sp³-hybridized carbons (Fsp3) is 1.00. The van der Waals surface area contributed by atoms with Gasteiger partial charge in [-0.05, 0) is 51.9 Å². The lowest BCUT2D eigenvalue weighted by atomic mass is 9.97. The molecule has 1 saturated carbocycles. The maximum atomic E-state index is 6.27. The van der Waals surface area contributed by atoms with Gasteiger partial charge in [0.2, 0.25) is 0 Å². The third-order valence-corrected chi connectivity index (χ3v) is 4.26. The van der Waals surface area contributed by atoms with E-state index in [1.807, 2.05) is 0 Å². The van der Waals surface area contributed by atoms with Crippen molar-refractivity contribution in [1.29, 1.82) is 0 Å². The first kappa shape index (κ1) is 10.8.